The number of nitrogens with two attached hydrogens (primary N) is 1. The van der Waals surface area contributed by atoms with E-state index < -0.39 is 23.6 Å². The molecule has 1 aromatic rings. The predicted molar refractivity (Wildman–Crippen MR) is 69.8 cm³/mol. The molecule has 0 fully saturated rings. The van der Waals surface area contributed by atoms with Gasteiger partial charge < -0.3 is 16.0 Å². The molecular weight excluding hydrogens is 274 g/mol. The first kappa shape index (κ1) is 16.9. The minimum atomic E-state index is -4.71. The van der Waals surface area contributed by atoms with Gasteiger partial charge in [-0.15, -0.1) is 0 Å². The summed E-state index contributed by atoms with van der Waals surface area (Å²) in [5, 5.41) is 3.06. The van der Waals surface area contributed by atoms with Crippen molar-refractivity contribution in [3.63, 3.8) is 0 Å². The Morgan fingerprint density at radius 1 is 1.30 bits per heavy atom. The summed E-state index contributed by atoms with van der Waals surface area (Å²) in [6, 6.07) is 2.53. The Balaban J connectivity index is 2.88. The number of hydrogen-bond donors (Lipinski definition) is 2. The minimum Gasteiger partial charge on any atom is -0.329 e. The van der Waals surface area contributed by atoms with Crippen LogP contribution in [0.25, 0.3) is 0 Å². The van der Waals surface area contributed by atoms with Crippen LogP contribution in [0.2, 0.25) is 0 Å². The van der Waals surface area contributed by atoms with Crippen LogP contribution >= 0.6 is 0 Å². The lowest BCUT2D eigenvalue weighted by Gasteiger charge is -2.20. The van der Waals surface area contributed by atoms with Gasteiger partial charge in [0.2, 0.25) is 0 Å². The Bertz CT molecular complexity index is 432. The molecule has 0 aliphatic carbocycles. The summed E-state index contributed by atoms with van der Waals surface area (Å²) >= 11 is 0. The van der Waals surface area contributed by atoms with Crippen molar-refractivity contribution in [3.8, 4) is 0 Å². The largest absolute Gasteiger partial charge is 0.419 e. The van der Waals surface area contributed by atoms with Crippen LogP contribution in [-0.4, -0.2) is 38.6 Å². The first-order valence-electron chi connectivity index (χ1n) is 6.20. The van der Waals surface area contributed by atoms with Crippen LogP contribution < -0.4 is 11.1 Å². The summed E-state index contributed by atoms with van der Waals surface area (Å²) in [5.41, 5.74) is 4.64. The average Bonchev–Trinajstić information content (AvgIpc) is 2.34. The van der Waals surface area contributed by atoms with Crippen LogP contribution in [0.5, 0.6) is 0 Å². The average molecular weight is 293 g/mol. The molecular formula is C13H19F4N3. The standard InChI is InChI=1S/C13H19F4N3/c1-20(2)6-5-19-12(8-18)9-3-4-11(14)10(7-9)13(15,16)17/h3-4,7,12,19H,5-6,8,18H2,1-2H3. The summed E-state index contributed by atoms with van der Waals surface area (Å²) in [4.78, 5) is 1.94. The topological polar surface area (TPSA) is 41.3 Å². The van der Waals surface area contributed by atoms with Gasteiger partial charge in [0.1, 0.15) is 5.82 Å². The molecule has 0 spiro atoms. The maximum atomic E-state index is 13.2. The predicted octanol–water partition coefficient (Wildman–Crippen LogP) is 2.00. The van der Waals surface area contributed by atoms with Gasteiger partial charge in [-0.25, -0.2) is 4.39 Å². The van der Waals surface area contributed by atoms with Crippen molar-refractivity contribution >= 4 is 0 Å². The van der Waals surface area contributed by atoms with Crippen molar-refractivity contribution < 1.29 is 17.6 Å². The lowest BCUT2D eigenvalue weighted by atomic mass is 10.0. The summed E-state index contributed by atoms with van der Waals surface area (Å²) < 4.78 is 51.2. The van der Waals surface area contributed by atoms with E-state index >= 15 is 0 Å². The molecule has 0 bridgehead atoms. The van der Waals surface area contributed by atoms with Gasteiger partial charge in [0.05, 0.1) is 5.56 Å². The number of benzene rings is 1. The number of likely N-dealkylation sites (N-methyl/N-ethyl adjacent to an activating group) is 1. The molecule has 0 saturated carbocycles. The minimum absolute atomic E-state index is 0.135. The fourth-order valence-electron chi connectivity index (χ4n) is 1.78. The van der Waals surface area contributed by atoms with Crippen molar-refractivity contribution in [2.45, 2.75) is 12.2 Å². The highest BCUT2D eigenvalue weighted by molar-refractivity contribution is 5.29. The fraction of sp³-hybridized carbons (Fsp3) is 0.538. The third-order valence-corrected chi connectivity index (χ3v) is 2.88. The molecule has 0 radical (unpaired) electrons. The zero-order valence-corrected chi connectivity index (χ0v) is 11.5. The second kappa shape index (κ2) is 7.01. The highest BCUT2D eigenvalue weighted by atomic mass is 19.4. The molecule has 0 saturated heterocycles. The van der Waals surface area contributed by atoms with Crippen molar-refractivity contribution in [1.29, 1.82) is 0 Å². The van der Waals surface area contributed by atoms with E-state index in [4.69, 9.17) is 5.73 Å². The molecule has 3 N–H and O–H groups in total. The van der Waals surface area contributed by atoms with Crippen molar-refractivity contribution in [2.75, 3.05) is 33.7 Å². The van der Waals surface area contributed by atoms with E-state index in [0.29, 0.717) is 12.1 Å². The zero-order chi connectivity index (χ0) is 15.3. The fourth-order valence-corrected chi connectivity index (χ4v) is 1.78. The second-order valence-electron chi connectivity index (χ2n) is 4.78. The highest BCUT2D eigenvalue weighted by Gasteiger charge is 2.34. The molecule has 0 heterocycles. The van der Waals surface area contributed by atoms with E-state index in [0.717, 1.165) is 18.7 Å². The van der Waals surface area contributed by atoms with E-state index in [2.05, 4.69) is 5.32 Å². The van der Waals surface area contributed by atoms with Gasteiger partial charge in [0.15, 0.2) is 0 Å². The Hall–Kier alpha value is -1.18. The number of rotatable bonds is 6. The van der Waals surface area contributed by atoms with Crippen LogP contribution in [0.4, 0.5) is 17.6 Å². The number of nitrogens with zero attached hydrogens (tertiary/aromatic N) is 1. The normalized spacial score (nSPS) is 13.8. The molecule has 3 nitrogen and oxygen atoms in total. The van der Waals surface area contributed by atoms with Crippen LogP contribution in [0.15, 0.2) is 18.2 Å². The molecule has 0 aromatic heterocycles. The summed E-state index contributed by atoms with van der Waals surface area (Å²) in [6.07, 6.45) is -4.71. The van der Waals surface area contributed by atoms with Gasteiger partial charge in [-0.1, -0.05) is 6.07 Å². The van der Waals surface area contributed by atoms with Gasteiger partial charge in [-0.2, -0.15) is 13.2 Å². The molecule has 114 valence electrons. The van der Waals surface area contributed by atoms with Gasteiger partial charge in [-0.3, -0.25) is 0 Å². The van der Waals surface area contributed by atoms with Crippen LogP contribution in [0.3, 0.4) is 0 Å². The van der Waals surface area contributed by atoms with E-state index in [1.165, 1.54) is 6.07 Å². The molecule has 0 aliphatic heterocycles. The molecule has 1 unspecified atom stereocenters. The Morgan fingerprint density at radius 2 is 1.95 bits per heavy atom. The van der Waals surface area contributed by atoms with E-state index in [-0.39, 0.29) is 6.54 Å². The maximum absolute atomic E-state index is 13.2. The van der Waals surface area contributed by atoms with E-state index in [1.807, 2.05) is 19.0 Å². The quantitative estimate of drug-likeness (QED) is 0.788. The third kappa shape index (κ3) is 4.73. The van der Waals surface area contributed by atoms with E-state index in [9.17, 15) is 17.6 Å². The van der Waals surface area contributed by atoms with Crippen molar-refractivity contribution in [3.05, 3.63) is 35.1 Å². The van der Waals surface area contributed by atoms with Gasteiger partial charge >= 0.3 is 6.18 Å². The third-order valence-electron chi connectivity index (χ3n) is 2.88. The highest BCUT2D eigenvalue weighted by Crippen LogP contribution is 2.32. The molecule has 7 heteroatoms. The van der Waals surface area contributed by atoms with Gasteiger partial charge in [-0.05, 0) is 31.8 Å². The van der Waals surface area contributed by atoms with Crippen LogP contribution in [0.1, 0.15) is 17.2 Å². The molecule has 1 atom stereocenters. The summed E-state index contributed by atoms with van der Waals surface area (Å²) in [5.74, 6) is -1.27. The number of alkyl halides is 3. The Labute approximate surface area is 115 Å². The first-order chi connectivity index (χ1) is 9.25. The molecule has 20 heavy (non-hydrogen) atoms. The lowest BCUT2D eigenvalue weighted by molar-refractivity contribution is -0.140. The SMILES string of the molecule is CN(C)CCNC(CN)c1ccc(F)c(C(F)(F)F)c1. The number of hydrogen-bond acceptors (Lipinski definition) is 3. The van der Waals surface area contributed by atoms with E-state index in [1.54, 1.807) is 0 Å². The monoisotopic (exact) mass is 293 g/mol. The smallest absolute Gasteiger partial charge is 0.329 e. The second-order valence-corrected chi connectivity index (χ2v) is 4.78. The first-order valence-corrected chi connectivity index (χ1v) is 6.20. The lowest BCUT2D eigenvalue weighted by Crippen LogP contribution is -2.33. The van der Waals surface area contributed by atoms with Gasteiger partial charge in [0.25, 0.3) is 0 Å². The molecule has 1 rings (SSSR count). The van der Waals surface area contributed by atoms with Crippen molar-refractivity contribution in [1.82, 2.24) is 10.2 Å². The molecule has 1 aromatic carbocycles. The van der Waals surface area contributed by atoms with Crippen molar-refractivity contribution in [2.24, 2.45) is 5.73 Å². The molecule has 0 aliphatic rings. The molecule has 0 amide bonds. The number of nitrogens with one attached hydrogen (secondary N) is 1. The van der Waals surface area contributed by atoms with Crippen LogP contribution in [-0.2, 0) is 6.18 Å². The Kier molecular flexibility index (Phi) is 5.91. The Morgan fingerprint density at radius 3 is 2.45 bits per heavy atom. The maximum Gasteiger partial charge on any atom is 0.419 e. The number of halogens is 4. The summed E-state index contributed by atoms with van der Waals surface area (Å²) in [6.45, 7) is 1.44. The summed E-state index contributed by atoms with van der Waals surface area (Å²) in [7, 11) is 3.78. The van der Waals surface area contributed by atoms with Crippen LogP contribution in [0, 0.1) is 5.82 Å². The zero-order valence-electron chi connectivity index (χ0n) is 11.5. The van der Waals surface area contributed by atoms with Gasteiger partial charge in [0, 0.05) is 25.7 Å².